The van der Waals surface area contributed by atoms with Crippen LogP contribution in [0.25, 0.3) is 0 Å². The minimum absolute atomic E-state index is 0.162. The molecule has 0 aromatic carbocycles. The molecule has 23 heavy (non-hydrogen) atoms. The molecule has 1 atom stereocenters. The fraction of sp³-hybridized carbons (Fsp3) is 0.786. The number of nitrogens with zero attached hydrogens (tertiary/aromatic N) is 3. The number of amides is 2. The van der Waals surface area contributed by atoms with E-state index in [0.29, 0.717) is 43.3 Å². The predicted molar refractivity (Wildman–Crippen MR) is 91.7 cm³/mol. The van der Waals surface area contributed by atoms with E-state index in [4.69, 9.17) is 0 Å². The topological polar surface area (TPSA) is 92.3 Å². The van der Waals surface area contributed by atoms with Crippen molar-refractivity contribution in [1.29, 1.82) is 0 Å². The van der Waals surface area contributed by atoms with Gasteiger partial charge in [0.05, 0.1) is 5.25 Å². The largest absolute Gasteiger partial charge is 0.324 e. The van der Waals surface area contributed by atoms with Crippen LogP contribution < -0.4 is 5.32 Å². The van der Waals surface area contributed by atoms with Crippen molar-refractivity contribution in [3.05, 3.63) is 5.82 Å². The van der Waals surface area contributed by atoms with Crippen molar-refractivity contribution >= 4 is 32.5 Å². The van der Waals surface area contributed by atoms with Crippen LogP contribution in [0.4, 0.5) is 9.93 Å². The number of hydrogen-bond acceptors (Lipinski definition) is 6. The molecule has 1 aromatic rings. The molecule has 1 fully saturated rings. The van der Waals surface area contributed by atoms with Crippen LogP contribution in [0.3, 0.4) is 0 Å². The second-order valence-electron chi connectivity index (χ2n) is 6.97. The fourth-order valence-electron chi connectivity index (χ4n) is 2.45. The highest BCUT2D eigenvalue weighted by molar-refractivity contribution is 7.91. The molecule has 2 heterocycles. The van der Waals surface area contributed by atoms with E-state index in [-0.39, 0.29) is 16.7 Å². The zero-order valence-corrected chi connectivity index (χ0v) is 15.6. The van der Waals surface area contributed by atoms with Crippen LogP contribution in [0.5, 0.6) is 0 Å². The van der Waals surface area contributed by atoms with Crippen molar-refractivity contribution in [3.8, 4) is 0 Å². The lowest BCUT2D eigenvalue weighted by molar-refractivity contribution is 0.213. The van der Waals surface area contributed by atoms with Gasteiger partial charge in [-0.15, -0.1) is 0 Å². The molecule has 0 radical (unpaired) electrons. The monoisotopic (exact) mass is 360 g/mol. The van der Waals surface area contributed by atoms with E-state index in [2.05, 4.69) is 14.7 Å². The molecule has 0 aliphatic carbocycles. The van der Waals surface area contributed by atoms with Gasteiger partial charge >= 0.3 is 6.03 Å². The van der Waals surface area contributed by atoms with Crippen molar-refractivity contribution in [2.24, 2.45) is 0 Å². The van der Waals surface area contributed by atoms with Crippen molar-refractivity contribution in [1.82, 2.24) is 14.3 Å². The number of aromatic nitrogens is 2. The van der Waals surface area contributed by atoms with Crippen LogP contribution >= 0.6 is 11.5 Å². The summed E-state index contributed by atoms with van der Waals surface area (Å²) in [4.78, 5) is 18.3. The predicted octanol–water partition coefficient (Wildman–Crippen LogP) is 2.27. The molecule has 7 nitrogen and oxygen atoms in total. The van der Waals surface area contributed by atoms with Gasteiger partial charge in [-0.25, -0.2) is 18.2 Å². The lowest BCUT2D eigenvalue weighted by atomic mass is 9.96. The maximum Gasteiger partial charge on any atom is 0.323 e. The molecule has 1 unspecified atom stereocenters. The summed E-state index contributed by atoms with van der Waals surface area (Å²) < 4.78 is 27.6. The SMILES string of the molecule is CC(C)(C)c1nsc(NC(=O)N2CCCC(S(C)(=O)=O)CC2)n1. The van der Waals surface area contributed by atoms with Crippen molar-refractivity contribution in [2.75, 3.05) is 24.7 Å². The van der Waals surface area contributed by atoms with E-state index in [1.807, 2.05) is 20.8 Å². The first kappa shape index (κ1) is 18.1. The number of likely N-dealkylation sites (tertiary alicyclic amines) is 1. The Balaban J connectivity index is 1.97. The van der Waals surface area contributed by atoms with Gasteiger partial charge in [0.2, 0.25) is 5.13 Å². The molecular formula is C14H24N4O3S2. The minimum Gasteiger partial charge on any atom is -0.324 e. The molecular weight excluding hydrogens is 336 g/mol. The average molecular weight is 361 g/mol. The standard InChI is InChI=1S/C14H24N4O3S2/c1-14(2,3)11-15-12(22-17-11)16-13(19)18-8-5-6-10(7-9-18)23(4,20)21/h10H,5-9H2,1-4H3,(H,15,16,17,19). The second kappa shape index (κ2) is 6.72. The van der Waals surface area contributed by atoms with E-state index >= 15 is 0 Å². The highest BCUT2D eigenvalue weighted by atomic mass is 32.2. The third-order valence-electron chi connectivity index (χ3n) is 3.88. The highest BCUT2D eigenvalue weighted by Gasteiger charge is 2.27. The summed E-state index contributed by atoms with van der Waals surface area (Å²) in [7, 11) is -3.05. The van der Waals surface area contributed by atoms with Crippen molar-refractivity contribution in [3.63, 3.8) is 0 Å². The van der Waals surface area contributed by atoms with Crippen LogP contribution in [0.15, 0.2) is 0 Å². The summed E-state index contributed by atoms with van der Waals surface area (Å²) in [5.74, 6) is 0.700. The normalized spacial score (nSPS) is 20.2. The number of carbonyl (C=O) groups excluding carboxylic acids is 1. The summed E-state index contributed by atoms with van der Waals surface area (Å²) in [5.41, 5.74) is -0.162. The summed E-state index contributed by atoms with van der Waals surface area (Å²) in [6, 6.07) is -0.240. The third kappa shape index (κ3) is 4.87. The molecule has 0 spiro atoms. The quantitative estimate of drug-likeness (QED) is 0.873. The van der Waals surface area contributed by atoms with Crippen molar-refractivity contribution in [2.45, 2.75) is 50.7 Å². The van der Waals surface area contributed by atoms with Crippen LogP contribution in [-0.4, -0.2) is 53.3 Å². The smallest absolute Gasteiger partial charge is 0.323 e. The number of carbonyl (C=O) groups is 1. The van der Waals surface area contributed by atoms with E-state index < -0.39 is 9.84 Å². The van der Waals surface area contributed by atoms with Crippen LogP contribution in [0.2, 0.25) is 0 Å². The second-order valence-corrected chi connectivity index (χ2v) is 10.1. The Hall–Kier alpha value is -1.22. The first-order valence-corrected chi connectivity index (χ1v) is 10.4. The maximum atomic E-state index is 12.3. The van der Waals surface area contributed by atoms with E-state index in [1.165, 1.54) is 6.26 Å². The van der Waals surface area contributed by atoms with Crippen LogP contribution in [-0.2, 0) is 15.3 Å². The highest BCUT2D eigenvalue weighted by Crippen LogP contribution is 2.23. The fourth-order valence-corrected chi connectivity index (χ4v) is 4.32. The van der Waals surface area contributed by atoms with Gasteiger partial charge in [-0.05, 0) is 19.3 Å². The molecule has 1 saturated heterocycles. The van der Waals surface area contributed by atoms with Gasteiger partial charge < -0.3 is 4.90 Å². The molecule has 0 bridgehead atoms. The molecule has 1 aromatic heterocycles. The average Bonchev–Trinajstić information content (AvgIpc) is 2.72. The lowest BCUT2D eigenvalue weighted by Crippen LogP contribution is -2.36. The Morgan fingerprint density at radius 1 is 1.30 bits per heavy atom. The number of hydrogen-bond donors (Lipinski definition) is 1. The number of anilines is 1. The minimum atomic E-state index is -3.05. The Bertz CT molecular complexity index is 664. The summed E-state index contributed by atoms with van der Waals surface area (Å²) in [6.45, 7) is 7.04. The van der Waals surface area contributed by atoms with E-state index in [0.717, 1.165) is 11.5 Å². The summed E-state index contributed by atoms with van der Waals surface area (Å²) in [5, 5.41) is 2.89. The number of urea groups is 1. The van der Waals surface area contributed by atoms with Gasteiger partial charge in [-0.1, -0.05) is 20.8 Å². The number of nitrogens with one attached hydrogen (secondary N) is 1. The first-order chi connectivity index (χ1) is 10.6. The number of sulfone groups is 1. The maximum absolute atomic E-state index is 12.3. The van der Waals surface area contributed by atoms with Gasteiger partial charge in [-0.3, -0.25) is 5.32 Å². The molecule has 9 heteroatoms. The van der Waals surface area contributed by atoms with Gasteiger partial charge in [0.15, 0.2) is 0 Å². The molecule has 2 rings (SSSR count). The third-order valence-corrected chi connectivity index (χ3v) is 6.19. The van der Waals surface area contributed by atoms with E-state index in [9.17, 15) is 13.2 Å². The molecule has 1 aliphatic rings. The zero-order chi connectivity index (χ0) is 17.3. The summed E-state index contributed by atoms with van der Waals surface area (Å²) >= 11 is 1.16. The number of rotatable bonds is 2. The Kier molecular flexibility index (Phi) is 5.30. The first-order valence-electron chi connectivity index (χ1n) is 7.66. The molecule has 1 aliphatic heterocycles. The molecule has 130 valence electrons. The van der Waals surface area contributed by atoms with Gasteiger partial charge in [-0.2, -0.15) is 4.37 Å². The van der Waals surface area contributed by atoms with Gasteiger partial charge in [0.25, 0.3) is 0 Å². The Morgan fingerprint density at radius 3 is 2.57 bits per heavy atom. The van der Waals surface area contributed by atoms with Gasteiger partial charge in [0.1, 0.15) is 15.7 Å². The van der Waals surface area contributed by atoms with Crippen molar-refractivity contribution < 1.29 is 13.2 Å². The Labute approximate surface area is 141 Å². The summed E-state index contributed by atoms with van der Waals surface area (Å²) in [6.07, 6.45) is 3.04. The van der Waals surface area contributed by atoms with Gasteiger partial charge in [0, 0.05) is 36.3 Å². The zero-order valence-electron chi connectivity index (χ0n) is 14.0. The molecule has 0 saturated carbocycles. The lowest BCUT2D eigenvalue weighted by Gasteiger charge is -2.20. The molecule has 1 N–H and O–H groups in total. The molecule has 2 amide bonds. The Morgan fingerprint density at radius 2 is 2.00 bits per heavy atom. The van der Waals surface area contributed by atoms with E-state index in [1.54, 1.807) is 4.90 Å². The van der Waals surface area contributed by atoms with Crippen LogP contribution in [0, 0.1) is 0 Å². The van der Waals surface area contributed by atoms with Crippen LogP contribution in [0.1, 0.15) is 45.9 Å².